The second-order valence-corrected chi connectivity index (χ2v) is 8.34. The molecule has 3 rings (SSSR count). The molecule has 0 aliphatic carbocycles. The van der Waals surface area contributed by atoms with Crippen LogP contribution in [0.5, 0.6) is 0 Å². The molecule has 0 saturated carbocycles. The molecule has 1 N–H and O–H groups in total. The van der Waals surface area contributed by atoms with Gasteiger partial charge in [-0.1, -0.05) is 32.9 Å². The van der Waals surface area contributed by atoms with Crippen LogP contribution in [0.25, 0.3) is 17.3 Å². The van der Waals surface area contributed by atoms with Crippen LogP contribution in [0.15, 0.2) is 60.8 Å². The molecule has 5 heteroatoms. The smallest absolute Gasteiger partial charge is 0.248 e. The molecule has 0 saturated heterocycles. The molecule has 1 heterocycles. The first-order chi connectivity index (χ1) is 13.7. The molecule has 4 nitrogen and oxygen atoms in total. The van der Waals surface area contributed by atoms with E-state index in [1.807, 2.05) is 31.3 Å². The SMILES string of the molecule is Cn1ncc(/C=C/C(=O)Nc2ccc(CC(C)(C)C)cc2)c1-c1ccc(F)cc1. The zero-order valence-electron chi connectivity index (χ0n) is 17.2. The summed E-state index contributed by atoms with van der Waals surface area (Å²) in [4.78, 5) is 12.3. The molecule has 0 bridgehead atoms. The molecule has 0 atom stereocenters. The number of nitrogens with one attached hydrogen (secondary N) is 1. The van der Waals surface area contributed by atoms with E-state index in [-0.39, 0.29) is 17.1 Å². The van der Waals surface area contributed by atoms with Crippen LogP contribution in [0.2, 0.25) is 0 Å². The van der Waals surface area contributed by atoms with Crippen LogP contribution in [0.3, 0.4) is 0 Å². The number of anilines is 1. The molecule has 0 aliphatic rings. The van der Waals surface area contributed by atoms with Crippen LogP contribution in [-0.4, -0.2) is 15.7 Å². The summed E-state index contributed by atoms with van der Waals surface area (Å²) in [5.74, 6) is -0.511. The lowest BCUT2D eigenvalue weighted by Crippen LogP contribution is -2.10. The summed E-state index contributed by atoms with van der Waals surface area (Å²) in [7, 11) is 1.81. The number of carbonyl (C=O) groups excluding carboxylic acids is 1. The Bertz CT molecular complexity index is 1010. The summed E-state index contributed by atoms with van der Waals surface area (Å²) in [6, 6.07) is 14.1. The van der Waals surface area contributed by atoms with Gasteiger partial charge in [0.2, 0.25) is 5.91 Å². The van der Waals surface area contributed by atoms with Crippen LogP contribution >= 0.6 is 0 Å². The number of rotatable bonds is 5. The van der Waals surface area contributed by atoms with Gasteiger partial charge in [0.05, 0.1) is 11.9 Å². The lowest BCUT2D eigenvalue weighted by Gasteiger charge is -2.18. The van der Waals surface area contributed by atoms with Crippen molar-refractivity contribution in [3.63, 3.8) is 0 Å². The molecule has 0 unspecified atom stereocenters. The van der Waals surface area contributed by atoms with E-state index in [1.165, 1.54) is 23.8 Å². The highest BCUT2D eigenvalue weighted by Crippen LogP contribution is 2.25. The minimum Gasteiger partial charge on any atom is -0.323 e. The average molecular weight is 391 g/mol. The number of halogens is 1. The zero-order valence-corrected chi connectivity index (χ0v) is 17.2. The Morgan fingerprint density at radius 3 is 2.38 bits per heavy atom. The van der Waals surface area contributed by atoms with E-state index in [0.29, 0.717) is 0 Å². The molecule has 0 fully saturated rings. The number of benzene rings is 2. The molecule has 1 aromatic heterocycles. The van der Waals surface area contributed by atoms with Gasteiger partial charge < -0.3 is 5.32 Å². The van der Waals surface area contributed by atoms with Gasteiger partial charge in [0, 0.05) is 29.9 Å². The number of carbonyl (C=O) groups is 1. The topological polar surface area (TPSA) is 46.9 Å². The summed E-state index contributed by atoms with van der Waals surface area (Å²) < 4.78 is 14.9. The maximum atomic E-state index is 13.2. The maximum Gasteiger partial charge on any atom is 0.248 e. The van der Waals surface area contributed by atoms with Crippen molar-refractivity contribution in [2.24, 2.45) is 12.5 Å². The minimum atomic E-state index is -0.291. The molecule has 3 aromatic rings. The summed E-state index contributed by atoms with van der Waals surface area (Å²) in [6.45, 7) is 6.60. The van der Waals surface area contributed by atoms with E-state index in [1.54, 1.807) is 29.1 Å². The normalized spacial score (nSPS) is 11.8. The molecule has 2 aromatic carbocycles. The van der Waals surface area contributed by atoms with Crippen molar-refractivity contribution in [3.05, 3.63) is 77.7 Å². The van der Waals surface area contributed by atoms with Crippen LogP contribution < -0.4 is 5.32 Å². The number of aromatic nitrogens is 2. The minimum absolute atomic E-state index is 0.220. The van der Waals surface area contributed by atoms with Crippen LogP contribution in [0.1, 0.15) is 31.9 Å². The third kappa shape index (κ3) is 5.64. The quantitative estimate of drug-likeness (QED) is 0.587. The molecule has 150 valence electrons. The third-order valence-electron chi connectivity index (χ3n) is 4.45. The fourth-order valence-electron chi connectivity index (χ4n) is 3.21. The van der Waals surface area contributed by atoms with Crippen molar-refractivity contribution in [1.29, 1.82) is 0 Å². The fourth-order valence-corrected chi connectivity index (χ4v) is 3.21. The molecule has 0 aliphatic heterocycles. The number of hydrogen-bond acceptors (Lipinski definition) is 2. The summed E-state index contributed by atoms with van der Waals surface area (Å²) >= 11 is 0. The van der Waals surface area contributed by atoms with E-state index in [0.717, 1.165) is 28.9 Å². The van der Waals surface area contributed by atoms with Gasteiger partial charge in [-0.05, 0) is 59.9 Å². The molecule has 0 radical (unpaired) electrons. The average Bonchev–Trinajstić information content (AvgIpc) is 3.02. The maximum absolute atomic E-state index is 13.2. The van der Waals surface area contributed by atoms with Crippen molar-refractivity contribution in [3.8, 4) is 11.3 Å². The van der Waals surface area contributed by atoms with Crippen LogP contribution in [-0.2, 0) is 18.3 Å². The van der Waals surface area contributed by atoms with Crippen molar-refractivity contribution < 1.29 is 9.18 Å². The second-order valence-electron chi connectivity index (χ2n) is 8.34. The Morgan fingerprint density at radius 1 is 1.10 bits per heavy atom. The molecule has 29 heavy (non-hydrogen) atoms. The molecular weight excluding hydrogens is 365 g/mol. The van der Waals surface area contributed by atoms with Crippen LogP contribution in [0, 0.1) is 11.2 Å². The van der Waals surface area contributed by atoms with Crippen molar-refractivity contribution in [2.75, 3.05) is 5.32 Å². The van der Waals surface area contributed by atoms with E-state index in [4.69, 9.17) is 0 Å². The predicted molar refractivity (Wildman–Crippen MR) is 116 cm³/mol. The predicted octanol–water partition coefficient (Wildman–Crippen LogP) is 5.47. The van der Waals surface area contributed by atoms with Gasteiger partial charge in [0.25, 0.3) is 0 Å². The highest BCUT2D eigenvalue weighted by atomic mass is 19.1. The first-order valence-electron chi connectivity index (χ1n) is 9.57. The van der Waals surface area contributed by atoms with Gasteiger partial charge in [0.1, 0.15) is 5.82 Å². The van der Waals surface area contributed by atoms with Crippen molar-refractivity contribution in [1.82, 2.24) is 9.78 Å². The van der Waals surface area contributed by atoms with Gasteiger partial charge in [-0.25, -0.2) is 4.39 Å². The second kappa shape index (κ2) is 8.43. The number of nitrogens with zero attached hydrogens (tertiary/aromatic N) is 2. The van der Waals surface area contributed by atoms with E-state index in [9.17, 15) is 9.18 Å². The number of amides is 1. The lowest BCUT2D eigenvalue weighted by atomic mass is 9.88. The van der Waals surface area contributed by atoms with Crippen molar-refractivity contribution in [2.45, 2.75) is 27.2 Å². The Labute approximate surface area is 171 Å². The first-order valence-corrected chi connectivity index (χ1v) is 9.57. The molecular formula is C24H26FN3O. The monoisotopic (exact) mass is 391 g/mol. The summed E-state index contributed by atoms with van der Waals surface area (Å²) in [5, 5.41) is 7.13. The van der Waals surface area contributed by atoms with Crippen LogP contribution in [0.4, 0.5) is 10.1 Å². The van der Waals surface area contributed by atoms with Gasteiger partial charge in [0.15, 0.2) is 0 Å². The molecule has 1 amide bonds. The highest BCUT2D eigenvalue weighted by molar-refractivity contribution is 6.02. The Morgan fingerprint density at radius 2 is 1.76 bits per heavy atom. The Kier molecular flexibility index (Phi) is 5.97. The lowest BCUT2D eigenvalue weighted by molar-refractivity contribution is -0.111. The van der Waals surface area contributed by atoms with Gasteiger partial charge in [-0.2, -0.15) is 5.10 Å². The van der Waals surface area contributed by atoms with E-state index >= 15 is 0 Å². The summed E-state index contributed by atoms with van der Waals surface area (Å²) in [5.41, 5.74) is 4.66. The number of aryl methyl sites for hydroxylation is 1. The largest absolute Gasteiger partial charge is 0.323 e. The third-order valence-corrected chi connectivity index (χ3v) is 4.45. The highest BCUT2D eigenvalue weighted by Gasteiger charge is 2.12. The van der Waals surface area contributed by atoms with Gasteiger partial charge in [-0.15, -0.1) is 0 Å². The van der Waals surface area contributed by atoms with E-state index < -0.39 is 0 Å². The molecule has 0 spiro atoms. The Balaban J connectivity index is 1.69. The first kappa shape index (κ1) is 20.5. The van der Waals surface area contributed by atoms with Gasteiger partial charge >= 0.3 is 0 Å². The Hall–Kier alpha value is -3.21. The standard InChI is InChI=1S/C24H26FN3O/c1-24(2,3)15-17-5-12-21(13-6-17)27-22(29)14-9-19-16-26-28(4)23(19)18-7-10-20(25)11-8-18/h5-14,16H,15H2,1-4H3,(H,27,29)/b14-9+. The number of hydrogen-bond donors (Lipinski definition) is 1. The van der Waals surface area contributed by atoms with Gasteiger partial charge in [-0.3, -0.25) is 9.48 Å². The van der Waals surface area contributed by atoms with E-state index in [2.05, 4.69) is 31.2 Å². The summed E-state index contributed by atoms with van der Waals surface area (Å²) in [6.07, 6.45) is 5.86. The van der Waals surface area contributed by atoms with Crippen molar-refractivity contribution >= 4 is 17.7 Å². The zero-order chi connectivity index (χ0) is 21.0. The fraction of sp³-hybridized carbons (Fsp3) is 0.250.